The first kappa shape index (κ1) is 21.3. The number of nitrogens with zero attached hydrogens (tertiary/aromatic N) is 3. The van der Waals surface area contributed by atoms with Crippen LogP contribution in [-0.2, 0) is 12.5 Å². The zero-order chi connectivity index (χ0) is 23.3. The Hall–Kier alpha value is -3.59. The molecule has 0 spiro atoms. The Balaban J connectivity index is 1.87. The number of para-hydroxylation sites is 2. The number of aromatic nitrogens is 3. The molecule has 33 heavy (non-hydrogen) atoms. The molecule has 5 aromatic rings. The molecule has 0 unspecified atom stereocenters. The highest BCUT2D eigenvalue weighted by Gasteiger charge is 2.28. The van der Waals surface area contributed by atoms with Crippen LogP contribution >= 0.6 is 0 Å². The van der Waals surface area contributed by atoms with Gasteiger partial charge < -0.3 is 0 Å². The molecule has 0 aliphatic rings. The molecule has 0 radical (unpaired) electrons. The Bertz CT molecular complexity index is 1520. The van der Waals surface area contributed by atoms with E-state index in [0.29, 0.717) is 0 Å². The summed E-state index contributed by atoms with van der Waals surface area (Å²) in [6, 6.07) is 26.0. The second-order valence-corrected chi connectivity index (χ2v) is 10.0. The van der Waals surface area contributed by atoms with Gasteiger partial charge in [-0.05, 0) is 53.2 Å². The molecule has 5 rings (SSSR count). The van der Waals surface area contributed by atoms with Crippen molar-refractivity contribution in [1.29, 1.82) is 0 Å². The number of fused-ring (bicyclic) bond motifs is 2. The molecule has 3 nitrogen and oxygen atoms in total. The van der Waals surface area contributed by atoms with Crippen LogP contribution in [-0.4, -0.2) is 4.98 Å². The van der Waals surface area contributed by atoms with Crippen molar-refractivity contribution >= 4 is 21.8 Å². The fraction of sp³-hybridized carbons (Fsp3) is 0.233. The Morgan fingerprint density at radius 1 is 0.788 bits per heavy atom. The minimum Gasteiger partial charge on any atom is -0.232 e. The maximum absolute atomic E-state index is 5.10. The molecule has 0 aliphatic carbocycles. The standard InChI is InChI=1S/C30H31N3/c1-20-15-16-22-11-8-10-14-27(22)33(20)28-18-24(30(3,4)5)17-25(21(28)2)29-31-26-13-9-7-12-23(26)19-32(29)6/h7-19H,1-6H3/q+2. The average molecular weight is 434 g/mol. The largest absolute Gasteiger partial charge is 0.331 e. The van der Waals surface area contributed by atoms with Crippen LogP contribution in [0.5, 0.6) is 0 Å². The highest BCUT2D eigenvalue weighted by atomic mass is 15.0. The summed E-state index contributed by atoms with van der Waals surface area (Å²) in [6.45, 7) is 11.2. The average Bonchev–Trinajstić information content (AvgIpc) is 2.78. The van der Waals surface area contributed by atoms with Crippen molar-refractivity contribution in [2.75, 3.05) is 0 Å². The second-order valence-electron chi connectivity index (χ2n) is 10.0. The summed E-state index contributed by atoms with van der Waals surface area (Å²) >= 11 is 0. The lowest BCUT2D eigenvalue weighted by atomic mass is 9.84. The molecule has 0 aliphatic heterocycles. The van der Waals surface area contributed by atoms with Crippen molar-refractivity contribution in [3.05, 3.63) is 95.8 Å². The van der Waals surface area contributed by atoms with Crippen LogP contribution in [0.3, 0.4) is 0 Å². The summed E-state index contributed by atoms with van der Waals surface area (Å²) in [5.41, 5.74) is 8.36. The van der Waals surface area contributed by atoms with E-state index in [-0.39, 0.29) is 5.41 Å². The third-order valence-electron chi connectivity index (χ3n) is 6.59. The summed E-state index contributed by atoms with van der Waals surface area (Å²) in [5.74, 6) is 0.983. The molecule has 0 fully saturated rings. The van der Waals surface area contributed by atoms with E-state index in [0.717, 1.165) is 16.7 Å². The third kappa shape index (κ3) is 3.68. The van der Waals surface area contributed by atoms with E-state index in [1.54, 1.807) is 0 Å². The van der Waals surface area contributed by atoms with Crippen LogP contribution in [0.1, 0.15) is 37.6 Å². The molecule has 0 amide bonds. The molecule has 0 saturated carbocycles. The van der Waals surface area contributed by atoms with E-state index in [9.17, 15) is 0 Å². The van der Waals surface area contributed by atoms with E-state index in [4.69, 9.17) is 4.98 Å². The van der Waals surface area contributed by atoms with E-state index in [1.807, 2.05) is 0 Å². The minimum absolute atomic E-state index is 0.00562. The van der Waals surface area contributed by atoms with E-state index in [2.05, 4.69) is 130 Å². The first-order chi connectivity index (χ1) is 15.7. The zero-order valence-electron chi connectivity index (χ0n) is 20.3. The third-order valence-corrected chi connectivity index (χ3v) is 6.59. The van der Waals surface area contributed by atoms with Gasteiger partial charge in [0, 0.05) is 36.1 Å². The Morgan fingerprint density at radius 3 is 2.24 bits per heavy atom. The lowest BCUT2D eigenvalue weighted by Crippen LogP contribution is -2.37. The van der Waals surface area contributed by atoms with Gasteiger partial charge in [-0.3, -0.25) is 0 Å². The van der Waals surface area contributed by atoms with Gasteiger partial charge in [-0.15, -0.1) is 0 Å². The quantitative estimate of drug-likeness (QED) is 0.310. The van der Waals surface area contributed by atoms with Crippen molar-refractivity contribution in [3.8, 4) is 17.1 Å². The number of aryl methyl sites for hydroxylation is 2. The van der Waals surface area contributed by atoms with E-state index < -0.39 is 0 Å². The second kappa shape index (κ2) is 7.77. The molecule has 3 heteroatoms. The molecular weight excluding hydrogens is 402 g/mol. The first-order valence-electron chi connectivity index (χ1n) is 11.6. The molecular formula is C30H31N3+2. The number of hydrogen-bond acceptors (Lipinski definition) is 1. The smallest absolute Gasteiger partial charge is 0.232 e. The minimum atomic E-state index is 0.00562. The van der Waals surface area contributed by atoms with E-state index >= 15 is 0 Å². The maximum atomic E-state index is 5.10. The molecule has 164 valence electrons. The fourth-order valence-corrected chi connectivity index (χ4v) is 4.63. The summed E-state index contributed by atoms with van der Waals surface area (Å²) in [5, 5.41) is 2.38. The zero-order valence-corrected chi connectivity index (χ0v) is 20.3. The summed E-state index contributed by atoms with van der Waals surface area (Å²) < 4.78 is 4.55. The van der Waals surface area contributed by atoms with Gasteiger partial charge in [0.25, 0.3) is 0 Å². The number of rotatable bonds is 2. The number of pyridine rings is 1. The summed E-state index contributed by atoms with van der Waals surface area (Å²) in [4.78, 5) is 5.10. The molecule has 2 aromatic heterocycles. The van der Waals surface area contributed by atoms with Crippen LogP contribution in [0.2, 0.25) is 0 Å². The molecule has 0 atom stereocenters. The molecule has 0 saturated heterocycles. The van der Waals surface area contributed by atoms with Crippen molar-refractivity contribution < 1.29 is 9.13 Å². The van der Waals surface area contributed by atoms with Gasteiger partial charge in [0.05, 0.1) is 18.0 Å². The lowest BCUT2D eigenvalue weighted by molar-refractivity contribution is -0.661. The number of benzene rings is 3. The molecule has 2 heterocycles. The predicted octanol–water partition coefficient (Wildman–Crippen LogP) is 6.07. The molecule has 0 bridgehead atoms. The summed E-state index contributed by atoms with van der Waals surface area (Å²) in [7, 11) is 2.09. The number of hydrogen-bond donors (Lipinski definition) is 0. The van der Waals surface area contributed by atoms with Gasteiger partial charge in [0.2, 0.25) is 11.2 Å². The van der Waals surface area contributed by atoms with Crippen LogP contribution in [0.15, 0.2) is 79.0 Å². The SMILES string of the molecule is Cc1c(-c2nc3ccccc3c[n+]2C)cc(C(C)(C)C)cc1-[n+]1c(C)ccc2ccccc21. The van der Waals surface area contributed by atoms with Crippen LogP contribution in [0.4, 0.5) is 0 Å². The van der Waals surface area contributed by atoms with E-state index in [1.165, 1.54) is 39.0 Å². The van der Waals surface area contributed by atoms with Crippen LogP contribution in [0, 0.1) is 13.8 Å². The highest BCUT2D eigenvalue weighted by Crippen LogP contribution is 2.32. The van der Waals surface area contributed by atoms with Gasteiger partial charge in [-0.25, -0.2) is 4.57 Å². The lowest BCUT2D eigenvalue weighted by Gasteiger charge is -2.21. The van der Waals surface area contributed by atoms with Crippen molar-refractivity contribution in [2.45, 2.75) is 40.0 Å². The first-order valence-corrected chi connectivity index (χ1v) is 11.6. The molecule has 0 N–H and O–H groups in total. The monoisotopic (exact) mass is 433 g/mol. The fourth-order valence-electron chi connectivity index (χ4n) is 4.63. The van der Waals surface area contributed by atoms with Crippen LogP contribution in [0.25, 0.3) is 38.9 Å². The predicted molar refractivity (Wildman–Crippen MR) is 136 cm³/mol. The Kier molecular flexibility index (Phi) is 5.01. The van der Waals surface area contributed by atoms with Gasteiger partial charge in [-0.2, -0.15) is 4.57 Å². The normalized spacial score (nSPS) is 11.9. The highest BCUT2D eigenvalue weighted by molar-refractivity contribution is 5.79. The van der Waals surface area contributed by atoms with Crippen LogP contribution < -0.4 is 9.13 Å². The summed E-state index contributed by atoms with van der Waals surface area (Å²) in [6.07, 6.45) is 2.18. The van der Waals surface area contributed by atoms with Crippen molar-refractivity contribution in [3.63, 3.8) is 0 Å². The maximum Gasteiger partial charge on any atom is 0.331 e. The Morgan fingerprint density at radius 2 is 1.48 bits per heavy atom. The topological polar surface area (TPSA) is 20.6 Å². The van der Waals surface area contributed by atoms with Gasteiger partial charge in [0.1, 0.15) is 6.20 Å². The Labute approximate surface area is 196 Å². The van der Waals surface area contributed by atoms with Gasteiger partial charge >= 0.3 is 5.82 Å². The molecule has 3 aromatic carbocycles. The van der Waals surface area contributed by atoms with Gasteiger partial charge in [-0.1, -0.05) is 45.0 Å². The van der Waals surface area contributed by atoms with Gasteiger partial charge in [0.15, 0.2) is 11.2 Å². The van der Waals surface area contributed by atoms with Crippen molar-refractivity contribution in [2.24, 2.45) is 7.05 Å². The van der Waals surface area contributed by atoms with Crippen molar-refractivity contribution in [1.82, 2.24) is 4.98 Å².